The van der Waals surface area contributed by atoms with Crippen molar-refractivity contribution in [3.63, 3.8) is 0 Å². The van der Waals surface area contributed by atoms with Crippen molar-refractivity contribution in [3.8, 4) is 56.2 Å². The standard InChI is InChI=1S/C44H31N3/c1-44(2)39-21-17-31(26-38(39)36-18-16-28-10-6-7-13-33(28)42(36)44)32-19-20-37(35-15-9-8-14-34(32)35)43-46-40(29-11-4-3-5-12-29)27-41(47-43)30-22-24-45-25-23-30/h3-27H,1-2H3. The minimum absolute atomic E-state index is 0.0797. The molecule has 3 nitrogen and oxygen atoms in total. The molecule has 1 aliphatic rings. The van der Waals surface area contributed by atoms with Crippen LogP contribution in [0, 0.1) is 0 Å². The predicted molar refractivity (Wildman–Crippen MR) is 194 cm³/mol. The molecule has 0 radical (unpaired) electrons. The molecule has 6 aromatic carbocycles. The molecule has 222 valence electrons. The van der Waals surface area contributed by atoms with E-state index in [4.69, 9.17) is 9.97 Å². The Morgan fingerprint density at radius 3 is 1.83 bits per heavy atom. The Morgan fingerprint density at radius 2 is 1.06 bits per heavy atom. The van der Waals surface area contributed by atoms with Gasteiger partial charge < -0.3 is 0 Å². The highest BCUT2D eigenvalue weighted by atomic mass is 14.9. The van der Waals surface area contributed by atoms with Crippen LogP contribution in [0.15, 0.2) is 152 Å². The maximum atomic E-state index is 5.14. The molecule has 9 rings (SSSR count). The van der Waals surface area contributed by atoms with Crippen LogP contribution >= 0.6 is 0 Å². The first-order valence-corrected chi connectivity index (χ1v) is 16.1. The lowest BCUT2D eigenvalue weighted by Crippen LogP contribution is -2.15. The number of nitrogens with zero attached hydrogens (tertiary/aromatic N) is 3. The van der Waals surface area contributed by atoms with Gasteiger partial charge in [-0.1, -0.05) is 123 Å². The zero-order valence-electron chi connectivity index (χ0n) is 26.3. The maximum Gasteiger partial charge on any atom is 0.161 e. The van der Waals surface area contributed by atoms with Crippen molar-refractivity contribution in [2.75, 3.05) is 0 Å². The van der Waals surface area contributed by atoms with Crippen molar-refractivity contribution < 1.29 is 0 Å². The lowest BCUT2D eigenvalue weighted by molar-refractivity contribution is 0.666. The molecule has 1 aliphatic carbocycles. The summed E-state index contributed by atoms with van der Waals surface area (Å²) in [5.74, 6) is 0.706. The first kappa shape index (κ1) is 27.4. The first-order chi connectivity index (χ1) is 23.1. The fourth-order valence-electron chi connectivity index (χ4n) is 7.52. The predicted octanol–water partition coefficient (Wildman–Crippen LogP) is 11.2. The van der Waals surface area contributed by atoms with Crippen LogP contribution in [0.5, 0.6) is 0 Å². The molecule has 47 heavy (non-hydrogen) atoms. The number of pyridine rings is 1. The van der Waals surface area contributed by atoms with Gasteiger partial charge in [0.1, 0.15) is 0 Å². The smallest absolute Gasteiger partial charge is 0.161 e. The third-order valence-corrected chi connectivity index (χ3v) is 9.78. The van der Waals surface area contributed by atoms with E-state index in [-0.39, 0.29) is 5.41 Å². The Labute approximate surface area is 274 Å². The van der Waals surface area contributed by atoms with E-state index in [1.165, 1.54) is 49.5 Å². The summed E-state index contributed by atoms with van der Waals surface area (Å²) in [4.78, 5) is 14.5. The van der Waals surface area contributed by atoms with E-state index in [0.717, 1.165) is 33.5 Å². The fourth-order valence-corrected chi connectivity index (χ4v) is 7.52. The molecule has 0 saturated heterocycles. The highest BCUT2D eigenvalue weighted by Crippen LogP contribution is 2.52. The summed E-state index contributed by atoms with van der Waals surface area (Å²) in [7, 11) is 0. The van der Waals surface area contributed by atoms with Crippen molar-refractivity contribution in [1.82, 2.24) is 15.0 Å². The molecule has 0 spiro atoms. The van der Waals surface area contributed by atoms with Gasteiger partial charge in [0.25, 0.3) is 0 Å². The van der Waals surface area contributed by atoms with Crippen molar-refractivity contribution in [2.24, 2.45) is 0 Å². The minimum Gasteiger partial charge on any atom is -0.265 e. The van der Waals surface area contributed by atoms with Crippen LogP contribution in [0.4, 0.5) is 0 Å². The fraction of sp³-hybridized carbons (Fsp3) is 0.0682. The molecule has 0 amide bonds. The van der Waals surface area contributed by atoms with Gasteiger partial charge in [-0.3, -0.25) is 4.98 Å². The van der Waals surface area contributed by atoms with Gasteiger partial charge in [0.2, 0.25) is 0 Å². The molecule has 0 unspecified atom stereocenters. The average molecular weight is 602 g/mol. The van der Waals surface area contributed by atoms with Gasteiger partial charge in [0.15, 0.2) is 5.82 Å². The molecule has 2 aromatic heterocycles. The summed E-state index contributed by atoms with van der Waals surface area (Å²) in [5.41, 5.74) is 12.6. The molecule has 0 aliphatic heterocycles. The van der Waals surface area contributed by atoms with E-state index in [0.29, 0.717) is 5.82 Å². The molecule has 2 heterocycles. The van der Waals surface area contributed by atoms with Crippen molar-refractivity contribution >= 4 is 21.5 Å². The number of aromatic nitrogens is 3. The zero-order valence-corrected chi connectivity index (χ0v) is 26.3. The van der Waals surface area contributed by atoms with Crippen LogP contribution in [0.1, 0.15) is 25.0 Å². The molecular formula is C44H31N3. The second-order valence-electron chi connectivity index (χ2n) is 12.9. The van der Waals surface area contributed by atoms with Gasteiger partial charge in [-0.25, -0.2) is 9.97 Å². The summed E-state index contributed by atoms with van der Waals surface area (Å²) in [6.45, 7) is 4.72. The molecule has 8 aromatic rings. The Morgan fingerprint density at radius 1 is 0.447 bits per heavy atom. The molecule has 0 N–H and O–H groups in total. The van der Waals surface area contributed by atoms with Crippen LogP contribution in [-0.2, 0) is 5.41 Å². The number of rotatable bonds is 4. The van der Waals surface area contributed by atoms with E-state index < -0.39 is 0 Å². The van der Waals surface area contributed by atoms with Gasteiger partial charge in [-0.2, -0.15) is 0 Å². The van der Waals surface area contributed by atoms with Crippen molar-refractivity contribution in [1.29, 1.82) is 0 Å². The quantitative estimate of drug-likeness (QED) is 0.201. The van der Waals surface area contributed by atoms with Crippen LogP contribution in [0.2, 0.25) is 0 Å². The number of fused-ring (bicyclic) bond motifs is 6. The van der Waals surface area contributed by atoms with Crippen LogP contribution in [0.3, 0.4) is 0 Å². The molecule has 0 fully saturated rings. The highest BCUT2D eigenvalue weighted by Gasteiger charge is 2.37. The normalized spacial score (nSPS) is 13.1. The molecule has 3 heteroatoms. The minimum atomic E-state index is -0.0797. The van der Waals surface area contributed by atoms with Crippen molar-refractivity contribution in [3.05, 3.63) is 163 Å². The van der Waals surface area contributed by atoms with Gasteiger partial charge in [0.05, 0.1) is 11.4 Å². The van der Waals surface area contributed by atoms with Gasteiger partial charge in [-0.05, 0) is 85.3 Å². The van der Waals surface area contributed by atoms with Gasteiger partial charge in [-0.15, -0.1) is 0 Å². The van der Waals surface area contributed by atoms with Gasteiger partial charge >= 0.3 is 0 Å². The maximum absolute atomic E-state index is 5.14. The number of benzene rings is 6. The summed E-state index contributed by atoms with van der Waals surface area (Å²) in [5, 5.41) is 4.94. The van der Waals surface area contributed by atoms with E-state index >= 15 is 0 Å². The second kappa shape index (κ2) is 10.6. The molecule has 0 saturated carbocycles. The monoisotopic (exact) mass is 601 g/mol. The second-order valence-corrected chi connectivity index (χ2v) is 12.9. The average Bonchev–Trinajstić information content (AvgIpc) is 3.37. The summed E-state index contributed by atoms with van der Waals surface area (Å²) in [6, 6.07) is 49.8. The Hall–Kier alpha value is -5.93. The zero-order chi connectivity index (χ0) is 31.5. The molecule has 0 atom stereocenters. The summed E-state index contributed by atoms with van der Waals surface area (Å²) < 4.78 is 0. The van der Waals surface area contributed by atoms with E-state index in [1.807, 2.05) is 42.7 Å². The topological polar surface area (TPSA) is 38.7 Å². The third kappa shape index (κ3) is 4.39. The Kier molecular flexibility index (Phi) is 6.16. The van der Waals surface area contributed by atoms with Crippen LogP contribution in [0.25, 0.3) is 77.7 Å². The first-order valence-electron chi connectivity index (χ1n) is 16.1. The third-order valence-electron chi connectivity index (χ3n) is 9.78. The summed E-state index contributed by atoms with van der Waals surface area (Å²) in [6.07, 6.45) is 3.62. The van der Waals surface area contributed by atoms with E-state index in [2.05, 4.69) is 128 Å². The lowest BCUT2D eigenvalue weighted by atomic mass is 9.80. The lowest BCUT2D eigenvalue weighted by Gasteiger charge is -2.23. The highest BCUT2D eigenvalue weighted by molar-refractivity contribution is 6.05. The van der Waals surface area contributed by atoms with Gasteiger partial charge in [0, 0.05) is 34.5 Å². The number of hydrogen-bond donors (Lipinski definition) is 0. The molecule has 0 bridgehead atoms. The molecular weight excluding hydrogens is 571 g/mol. The van der Waals surface area contributed by atoms with E-state index in [1.54, 1.807) is 0 Å². The van der Waals surface area contributed by atoms with Crippen LogP contribution < -0.4 is 0 Å². The Balaban J connectivity index is 1.22. The summed E-state index contributed by atoms with van der Waals surface area (Å²) >= 11 is 0. The van der Waals surface area contributed by atoms with Crippen LogP contribution in [-0.4, -0.2) is 15.0 Å². The SMILES string of the molecule is CC1(C)c2ccc(-c3ccc(-c4nc(-c5ccccc5)cc(-c5ccncc5)n4)c4ccccc34)cc2-c2ccc3ccccc3c21. The Bertz CT molecular complexity index is 2420. The van der Waals surface area contributed by atoms with E-state index in [9.17, 15) is 0 Å². The van der Waals surface area contributed by atoms with Crippen molar-refractivity contribution in [2.45, 2.75) is 19.3 Å². The number of hydrogen-bond acceptors (Lipinski definition) is 3. The largest absolute Gasteiger partial charge is 0.265 e.